The Bertz CT molecular complexity index is 681. The molecule has 0 bridgehead atoms. The van der Waals surface area contributed by atoms with E-state index in [-0.39, 0.29) is 24.3 Å². The van der Waals surface area contributed by atoms with Crippen molar-refractivity contribution in [1.82, 2.24) is 0 Å². The van der Waals surface area contributed by atoms with Crippen molar-refractivity contribution in [3.8, 4) is 5.75 Å². The molecular weight excluding hydrogens is 314 g/mol. The number of aliphatic carboxylic acids is 1. The first-order valence-electron chi connectivity index (χ1n) is 7.51. The van der Waals surface area contributed by atoms with Crippen LogP contribution in [0.25, 0.3) is 0 Å². The summed E-state index contributed by atoms with van der Waals surface area (Å²) in [6.07, 6.45) is -0.904. The molecule has 2 N–H and O–H groups in total. The third-order valence-corrected chi connectivity index (χ3v) is 3.79. The van der Waals surface area contributed by atoms with Crippen LogP contribution < -0.4 is 10.1 Å². The lowest BCUT2D eigenvalue weighted by atomic mass is 9.63. The topological polar surface area (TPSA) is 102 Å². The summed E-state index contributed by atoms with van der Waals surface area (Å²) in [4.78, 5) is 35.2. The number of ether oxygens (including phenoxy) is 2. The number of carbonyl (C=O) groups is 3. The Labute approximate surface area is 139 Å². The summed E-state index contributed by atoms with van der Waals surface area (Å²) in [7, 11) is 1.46. The predicted octanol–water partition coefficient (Wildman–Crippen LogP) is 2.73. The smallest absolute Gasteiger partial charge is 0.412 e. The number of hydrogen-bond donors (Lipinski definition) is 2. The SMILES string of the molecule is COc1ccc(C2(C(=O)O)CC(=O)C2)c(NC(=O)OC(C)(C)C)c1. The Morgan fingerprint density at radius 3 is 2.33 bits per heavy atom. The molecule has 1 aromatic carbocycles. The minimum atomic E-state index is -1.33. The summed E-state index contributed by atoms with van der Waals surface area (Å²) in [6.45, 7) is 5.17. The largest absolute Gasteiger partial charge is 0.497 e. The molecule has 7 nitrogen and oxygen atoms in total. The van der Waals surface area contributed by atoms with Crippen molar-refractivity contribution >= 4 is 23.5 Å². The fourth-order valence-electron chi connectivity index (χ4n) is 2.66. The zero-order chi connectivity index (χ0) is 18.1. The minimum Gasteiger partial charge on any atom is -0.497 e. The quantitative estimate of drug-likeness (QED) is 0.877. The van der Waals surface area contributed by atoms with Crippen LogP contribution in [0.4, 0.5) is 10.5 Å². The molecule has 2 rings (SSSR count). The van der Waals surface area contributed by atoms with Gasteiger partial charge in [-0.1, -0.05) is 6.07 Å². The van der Waals surface area contributed by atoms with Gasteiger partial charge in [-0.2, -0.15) is 0 Å². The molecule has 7 heteroatoms. The summed E-state index contributed by atoms with van der Waals surface area (Å²) < 4.78 is 10.3. The third kappa shape index (κ3) is 3.50. The third-order valence-electron chi connectivity index (χ3n) is 3.79. The highest BCUT2D eigenvalue weighted by Gasteiger charge is 2.52. The number of carboxylic acids is 1. The Morgan fingerprint density at radius 1 is 1.25 bits per heavy atom. The van der Waals surface area contributed by atoms with Crippen LogP contribution in [-0.4, -0.2) is 35.7 Å². The molecule has 1 fully saturated rings. The van der Waals surface area contributed by atoms with Gasteiger partial charge in [0.25, 0.3) is 0 Å². The lowest BCUT2D eigenvalue weighted by molar-refractivity contribution is -0.153. The average molecular weight is 335 g/mol. The van der Waals surface area contributed by atoms with Crippen molar-refractivity contribution in [2.45, 2.75) is 44.6 Å². The number of amides is 1. The molecule has 0 atom stereocenters. The van der Waals surface area contributed by atoms with Crippen LogP contribution in [0.5, 0.6) is 5.75 Å². The van der Waals surface area contributed by atoms with Crippen LogP contribution in [0.2, 0.25) is 0 Å². The molecule has 1 aliphatic carbocycles. The van der Waals surface area contributed by atoms with Gasteiger partial charge < -0.3 is 14.6 Å². The summed E-state index contributed by atoms with van der Waals surface area (Å²) in [5.74, 6) is -0.771. The molecule has 1 saturated carbocycles. The monoisotopic (exact) mass is 335 g/mol. The van der Waals surface area contributed by atoms with Gasteiger partial charge in [0.2, 0.25) is 0 Å². The highest BCUT2D eigenvalue weighted by molar-refractivity contribution is 6.03. The Balaban J connectivity index is 2.40. The Morgan fingerprint density at radius 2 is 1.88 bits per heavy atom. The molecule has 1 aromatic rings. The lowest BCUT2D eigenvalue weighted by Gasteiger charge is -2.38. The van der Waals surface area contributed by atoms with E-state index in [4.69, 9.17) is 9.47 Å². The summed E-state index contributed by atoms with van der Waals surface area (Å²) in [5.41, 5.74) is -1.40. The van der Waals surface area contributed by atoms with Crippen LogP contribution >= 0.6 is 0 Å². The van der Waals surface area contributed by atoms with Crippen molar-refractivity contribution in [3.63, 3.8) is 0 Å². The molecule has 0 spiro atoms. The van der Waals surface area contributed by atoms with Gasteiger partial charge in [0.15, 0.2) is 0 Å². The molecule has 0 heterocycles. The van der Waals surface area contributed by atoms with E-state index >= 15 is 0 Å². The van der Waals surface area contributed by atoms with Crippen LogP contribution in [0.3, 0.4) is 0 Å². The first kappa shape index (κ1) is 17.8. The van der Waals surface area contributed by atoms with Gasteiger partial charge in [-0.25, -0.2) is 4.79 Å². The zero-order valence-electron chi connectivity index (χ0n) is 14.1. The van der Waals surface area contributed by atoms with Gasteiger partial charge in [0.05, 0.1) is 12.8 Å². The fraction of sp³-hybridized carbons (Fsp3) is 0.471. The number of anilines is 1. The van der Waals surface area contributed by atoms with E-state index in [9.17, 15) is 19.5 Å². The van der Waals surface area contributed by atoms with Crippen LogP contribution in [-0.2, 0) is 19.7 Å². The summed E-state index contributed by atoms with van der Waals surface area (Å²) >= 11 is 0. The maximum atomic E-state index is 12.1. The number of rotatable bonds is 4. The van der Waals surface area contributed by atoms with Crippen molar-refractivity contribution in [1.29, 1.82) is 0 Å². The van der Waals surface area contributed by atoms with Crippen LogP contribution in [0.15, 0.2) is 18.2 Å². The van der Waals surface area contributed by atoms with E-state index in [2.05, 4.69) is 5.32 Å². The maximum Gasteiger partial charge on any atom is 0.412 e. The average Bonchev–Trinajstić information content (AvgIpc) is 2.41. The number of Topliss-reactive ketones (excluding diaryl/α,β-unsaturated/α-hetero) is 1. The second-order valence-corrected chi connectivity index (χ2v) is 6.82. The molecule has 0 radical (unpaired) electrons. The van der Waals surface area contributed by atoms with Gasteiger partial charge in [-0.05, 0) is 32.4 Å². The number of benzene rings is 1. The number of hydrogen-bond acceptors (Lipinski definition) is 5. The van der Waals surface area contributed by atoms with E-state index in [0.29, 0.717) is 11.3 Å². The van der Waals surface area contributed by atoms with Crippen LogP contribution in [0.1, 0.15) is 39.2 Å². The van der Waals surface area contributed by atoms with Crippen molar-refractivity contribution in [3.05, 3.63) is 23.8 Å². The summed E-state index contributed by atoms with van der Waals surface area (Å²) in [5, 5.41) is 12.2. The van der Waals surface area contributed by atoms with Gasteiger partial charge in [-0.15, -0.1) is 0 Å². The van der Waals surface area contributed by atoms with Gasteiger partial charge >= 0.3 is 12.1 Å². The van der Waals surface area contributed by atoms with Gasteiger partial charge in [-0.3, -0.25) is 14.9 Å². The number of carbonyl (C=O) groups excluding carboxylic acids is 2. The number of carboxylic acid groups (broad SMARTS) is 1. The first-order valence-corrected chi connectivity index (χ1v) is 7.51. The van der Waals surface area contributed by atoms with Crippen molar-refractivity contribution in [2.75, 3.05) is 12.4 Å². The molecule has 0 saturated heterocycles. The highest BCUT2D eigenvalue weighted by atomic mass is 16.6. The lowest BCUT2D eigenvalue weighted by Crippen LogP contribution is -2.48. The Hall–Kier alpha value is -2.57. The van der Waals surface area contributed by atoms with Crippen molar-refractivity contribution < 1.29 is 29.0 Å². The molecule has 1 aliphatic rings. The predicted molar refractivity (Wildman–Crippen MR) is 86.4 cm³/mol. The zero-order valence-corrected chi connectivity index (χ0v) is 14.1. The highest BCUT2D eigenvalue weighted by Crippen LogP contribution is 2.45. The fourth-order valence-corrected chi connectivity index (χ4v) is 2.66. The second-order valence-electron chi connectivity index (χ2n) is 6.82. The van der Waals surface area contributed by atoms with E-state index in [1.807, 2.05) is 0 Å². The molecule has 0 unspecified atom stereocenters. The van der Waals surface area contributed by atoms with E-state index in [1.165, 1.54) is 13.2 Å². The molecule has 0 aromatic heterocycles. The standard InChI is InChI=1S/C17H21NO6/c1-16(2,3)24-15(22)18-13-7-11(23-4)5-6-12(13)17(14(20)21)8-10(19)9-17/h5-7H,8-9H2,1-4H3,(H,18,22)(H,20,21). The molecule has 24 heavy (non-hydrogen) atoms. The molecule has 0 aliphatic heterocycles. The normalized spacial score (nSPS) is 16.1. The van der Waals surface area contributed by atoms with Crippen molar-refractivity contribution in [2.24, 2.45) is 0 Å². The second kappa shape index (κ2) is 6.14. The van der Waals surface area contributed by atoms with Crippen LogP contribution in [0, 0.1) is 0 Å². The molecular formula is C17H21NO6. The van der Waals surface area contributed by atoms with E-state index in [1.54, 1.807) is 32.9 Å². The van der Waals surface area contributed by atoms with E-state index in [0.717, 1.165) is 0 Å². The van der Waals surface area contributed by atoms with E-state index < -0.39 is 23.1 Å². The maximum absolute atomic E-state index is 12.1. The number of nitrogens with one attached hydrogen (secondary N) is 1. The number of ketones is 1. The number of methoxy groups -OCH3 is 1. The summed E-state index contributed by atoms with van der Waals surface area (Å²) in [6, 6.07) is 4.68. The molecule has 1 amide bonds. The van der Waals surface area contributed by atoms with Gasteiger partial charge in [0.1, 0.15) is 22.5 Å². The minimum absolute atomic E-state index is 0.0995. The van der Waals surface area contributed by atoms with Gasteiger partial charge in [0, 0.05) is 18.9 Å². The first-order chi connectivity index (χ1) is 11.1. The molecule has 130 valence electrons. The Kier molecular flexibility index (Phi) is 4.55.